The number of H-pyrrole nitrogens is 1. The van der Waals surface area contributed by atoms with Crippen LogP contribution in [0.2, 0.25) is 0 Å². The summed E-state index contributed by atoms with van der Waals surface area (Å²) in [5.41, 5.74) is 2.19. The number of nitrogens with one attached hydrogen (secondary N) is 2. The van der Waals surface area contributed by atoms with E-state index in [1.165, 1.54) is 0 Å². The van der Waals surface area contributed by atoms with Crippen LogP contribution in [0.5, 0.6) is 0 Å². The molecule has 2 unspecified atom stereocenters. The van der Waals surface area contributed by atoms with Crippen LogP contribution >= 0.6 is 0 Å². The maximum atomic E-state index is 12.9. The number of aliphatic hydroxyl groups excluding tert-OH is 1. The van der Waals surface area contributed by atoms with Gasteiger partial charge in [0.25, 0.3) is 5.91 Å². The summed E-state index contributed by atoms with van der Waals surface area (Å²) in [5.74, 6) is 0.00986. The van der Waals surface area contributed by atoms with Gasteiger partial charge in [0.05, 0.1) is 19.2 Å². The van der Waals surface area contributed by atoms with Crippen LogP contribution in [0, 0.1) is 5.41 Å². The smallest absolute Gasteiger partial charge is 0.253 e. The number of benzene rings is 1. The largest absolute Gasteiger partial charge is 0.392 e. The van der Waals surface area contributed by atoms with E-state index in [-0.39, 0.29) is 29.9 Å². The zero-order valence-corrected chi connectivity index (χ0v) is 15.9. The monoisotopic (exact) mass is 382 g/mol. The SMILES string of the molecule is O=C(Cc1cn[nH]c1)NC1CCCC12CCN(C(=O)c1cccc(CO)c1)C2. The fourth-order valence-electron chi connectivity index (χ4n) is 4.71. The molecule has 2 fully saturated rings. The van der Waals surface area contributed by atoms with Crippen molar-refractivity contribution in [2.75, 3.05) is 13.1 Å². The van der Waals surface area contributed by atoms with Gasteiger partial charge in [0.1, 0.15) is 0 Å². The first-order chi connectivity index (χ1) is 13.6. The molecular formula is C21H26N4O3. The summed E-state index contributed by atoms with van der Waals surface area (Å²) in [6.45, 7) is 1.30. The minimum absolute atomic E-state index is 0.00236. The second-order valence-electron chi connectivity index (χ2n) is 7.99. The molecule has 2 aromatic rings. The molecule has 7 heteroatoms. The van der Waals surface area contributed by atoms with Crippen LogP contribution in [0.25, 0.3) is 0 Å². The van der Waals surface area contributed by atoms with Gasteiger partial charge in [-0.05, 0) is 42.5 Å². The summed E-state index contributed by atoms with van der Waals surface area (Å²) >= 11 is 0. The number of aromatic nitrogens is 2. The van der Waals surface area contributed by atoms with Crippen LogP contribution in [-0.2, 0) is 17.8 Å². The molecule has 1 aromatic carbocycles. The predicted octanol–water partition coefficient (Wildman–Crippen LogP) is 1.65. The summed E-state index contributed by atoms with van der Waals surface area (Å²) in [5, 5.41) is 19.1. The molecule has 1 saturated carbocycles. The number of hydrogen-bond acceptors (Lipinski definition) is 4. The molecule has 1 saturated heterocycles. The van der Waals surface area contributed by atoms with Crippen molar-refractivity contribution in [2.24, 2.45) is 5.41 Å². The molecule has 0 radical (unpaired) electrons. The normalized spacial score (nSPS) is 24.0. The van der Waals surface area contributed by atoms with Crippen molar-refractivity contribution in [3.63, 3.8) is 0 Å². The van der Waals surface area contributed by atoms with Gasteiger partial charge in [-0.25, -0.2) is 0 Å². The Morgan fingerprint density at radius 2 is 2.21 bits per heavy atom. The molecule has 2 atom stereocenters. The van der Waals surface area contributed by atoms with Gasteiger partial charge in [0.15, 0.2) is 0 Å². The Balaban J connectivity index is 1.42. The molecular weight excluding hydrogens is 356 g/mol. The third-order valence-electron chi connectivity index (χ3n) is 6.19. The Hall–Kier alpha value is -2.67. The third kappa shape index (κ3) is 3.67. The lowest BCUT2D eigenvalue weighted by atomic mass is 9.81. The van der Waals surface area contributed by atoms with Crippen molar-refractivity contribution in [3.05, 3.63) is 53.3 Å². The molecule has 1 aromatic heterocycles. The van der Waals surface area contributed by atoms with E-state index in [0.29, 0.717) is 25.1 Å². The zero-order valence-electron chi connectivity index (χ0n) is 15.9. The van der Waals surface area contributed by atoms with Crippen LogP contribution in [0.4, 0.5) is 0 Å². The van der Waals surface area contributed by atoms with Crippen molar-refractivity contribution in [1.29, 1.82) is 0 Å². The van der Waals surface area contributed by atoms with Gasteiger partial charge >= 0.3 is 0 Å². The van der Waals surface area contributed by atoms with Crippen molar-refractivity contribution in [1.82, 2.24) is 20.4 Å². The van der Waals surface area contributed by atoms with Crippen LogP contribution < -0.4 is 5.32 Å². The summed E-state index contributed by atoms with van der Waals surface area (Å²) in [6.07, 6.45) is 7.69. The van der Waals surface area contributed by atoms with Crippen molar-refractivity contribution in [2.45, 2.75) is 44.8 Å². The summed E-state index contributed by atoms with van der Waals surface area (Å²) < 4.78 is 0. The number of likely N-dealkylation sites (tertiary alicyclic amines) is 1. The first-order valence-electron chi connectivity index (χ1n) is 9.86. The lowest BCUT2D eigenvalue weighted by molar-refractivity contribution is -0.121. The lowest BCUT2D eigenvalue weighted by Crippen LogP contribution is -2.46. The average molecular weight is 382 g/mol. The van der Waals surface area contributed by atoms with Crippen molar-refractivity contribution >= 4 is 11.8 Å². The quantitative estimate of drug-likeness (QED) is 0.732. The van der Waals surface area contributed by atoms with E-state index in [1.807, 2.05) is 11.0 Å². The molecule has 0 bridgehead atoms. The van der Waals surface area contributed by atoms with E-state index in [1.54, 1.807) is 30.6 Å². The Bertz CT molecular complexity index is 851. The van der Waals surface area contributed by atoms with Gasteiger partial charge in [-0.1, -0.05) is 18.6 Å². The molecule has 2 heterocycles. The fourth-order valence-corrected chi connectivity index (χ4v) is 4.71. The molecule has 148 valence electrons. The average Bonchev–Trinajstić information content (AvgIpc) is 3.45. The first-order valence-corrected chi connectivity index (χ1v) is 9.86. The fraction of sp³-hybridized carbons (Fsp3) is 0.476. The van der Waals surface area contributed by atoms with E-state index < -0.39 is 0 Å². The maximum absolute atomic E-state index is 12.9. The number of rotatable bonds is 5. The number of amides is 2. The molecule has 4 rings (SSSR count). The van der Waals surface area contributed by atoms with Crippen molar-refractivity contribution < 1.29 is 14.7 Å². The summed E-state index contributed by atoms with van der Waals surface area (Å²) in [7, 11) is 0. The number of carbonyl (C=O) groups is 2. The van der Waals surface area contributed by atoms with Gasteiger partial charge < -0.3 is 15.3 Å². The van der Waals surface area contributed by atoms with Gasteiger partial charge in [0.2, 0.25) is 5.91 Å². The van der Waals surface area contributed by atoms with E-state index in [4.69, 9.17) is 0 Å². The maximum Gasteiger partial charge on any atom is 0.253 e. The molecule has 1 aliphatic heterocycles. The zero-order chi connectivity index (χ0) is 19.6. The molecule has 28 heavy (non-hydrogen) atoms. The molecule has 1 spiro atoms. The number of nitrogens with zero attached hydrogens (tertiary/aromatic N) is 2. The molecule has 2 aliphatic rings. The van der Waals surface area contributed by atoms with Gasteiger partial charge in [-0.3, -0.25) is 14.7 Å². The number of aliphatic hydroxyl groups is 1. The van der Waals surface area contributed by atoms with Gasteiger partial charge in [0, 0.05) is 36.3 Å². The molecule has 7 nitrogen and oxygen atoms in total. The Labute approximate surface area is 164 Å². The second-order valence-corrected chi connectivity index (χ2v) is 7.99. The third-order valence-corrected chi connectivity index (χ3v) is 6.19. The first kappa shape index (κ1) is 18.7. The highest BCUT2D eigenvalue weighted by Gasteiger charge is 2.49. The van der Waals surface area contributed by atoms with Crippen LogP contribution in [-0.4, -0.2) is 51.1 Å². The van der Waals surface area contributed by atoms with Crippen molar-refractivity contribution in [3.8, 4) is 0 Å². The Morgan fingerprint density at radius 1 is 1.32 bits per heavy atom. The van der Waals surface area contributed by atoms with Crippen LogP contribution in [0.15, 0.2) is 36.7 Å². The lowest BCUT2D eigenvalue weighted by Gasteiger charge is -2.32. The molecule has 1 aliphatic carbocycles. The highest BCUT2D eigenvalue weighted by molar-refractivity contribution is 5.94. The second kappa shape index (κ2) is 7.75. The minimum Gasteiger partial charge on any atom is -0.392 e. The van der Waals surface area contributed by atoms with E-state index in [0.717, 1.165) is 36.8 Å². The highest BCUT2D eigenvalue weighted by atomic mass is 16.3. The highest BCUT2D eigenvalue weighted by Crippen LogP contribution is 2.46. The predicted molar refractivity (Wildman–Crippen MR) is 103 cm³/mol. The topological polar surface area (TPSA) is 98.3 Å². The van der Waals surface area contributed by atoms with Gasteiger partial charge in [-0.15, -0.1) is 0 Å². The molecule has 2 amide bonds. The molecule has 3 N–H and O–H groups in total. The van der Waals surface area contributed by atoms with E-state index >= 15 is 0 Å². The number of carbonyl (C=O) groups excluding carboxylic acids is 2. The van der Waals surface area contributed by atoms with Crippen LogP contribution in [0.3, 0.4) is 0 Å². The standard InChI is InChI=1S/C21H26N4O3/c26-13-15-3-1-4-17(9-15)20(28)25-8-7-21(14-25)6-2-5-18(21)24-19(27)10-16-11-22-23-12-16/h1,3-4,9,11-12,18,26H,2,5-8,10,13-14H2,(H,22,23)(H,24,27). The van der Waals surface area contributed by atoms with E-state index in [9.17, 15) is 14.7 Å². The Kier molecular flexibility index (Phi) is 5.17. The number of aromatic amines is 1. The number of hydrogen-bond donors (Lipinski definition) is 3. The minimum atomic E-state index is -0.0736. The summed E-state index contributed by atoms with van der Waals surface area (Å²) in [6, 6.07) is 7.27. The Morgan fingerprint density at radius 3 is 3.00 bits per heavy atom. The van der Waals surface area contributed by atoms with Gasteiger partial charge in [-0.2, -0.15) is 5.10 Å². The van der Waals surface area contributed by atoms with Crippen LogP contribution in [0.1, 0.15) is 47.2 Å². The van der Waals surface area contributed by atoms with E-state index in [2.05, 4.69) is 15.5 Å². The summed E-state index contributed by atoms with van der Waals surface area (Å²) in [4.78, 5) is 27.3.